The van der Waals surface area contributed by atoms with E-state index >= 15 is 0 Å². The summed E-state index contributed by atoms with van der Waals surface area (Å²) in [6.07, 6.45) is 2.50. The molecule has 0 rings (SSSR count). The van der Waals surface area contributed by atoms with Crippen molar-refractivity contribution in [3.8, 4) is 0 Å². The number of rotatable bonds is 5. The summed E-state index contributed by atoms with van der Waals surface area (Å²) in [4.78, 5) is 9.00. The fourth-order valence-corrected chi connectivity index (χ4v) is 1.15. The second-order valence-corrected chi connectivity index (χ2v) is 3.48. The number of carboxylic acids is 1. The molecule has 0 amide bonds. The Labute approximate surface area is 85.6 Å². The molecule has 4 nitrogen and oxygen atoms in total. The maximum Gasteiger partial charge on any atom is 0.300 e. The second kappa shape index (κ2) is 10.5. The Balaban J connectivity index is 0. The SMILES string of the molecule is CC(=O)O.CCCC(C)CC(O)CO. The first-order valence-electron chi connectivity index (χ1n) is 4.92. The Bertz CT molecular complexity index is 132. The molecule has 0 fully saturated rings. The quantitative estimate of drug-likeness (QED) is 0.632. The van der Waals surface area contributed by atoms with Crippen molar-refractivity contribution in [3.63, 3.8) is 0 Å². The van der Waals surface area contributed by atoms with Gasteiger partial charge < -0.3 is 15.3 Å². The van der Waals surface area contributed by atoms with E-state index in [1.54, 1.807) is 0 Å². The van der Waals surface area contributed by atoms with E-state index in [0.29, 0.717) is 5.92 Å². The van der Waals surface area contributed by atoms with Gasteiger partial charge in [0, 0.05) is 6.92 Å². The molecule has 0 aromatic rings. The van der Waals surface area contributed by atoms with E-state index in [1.807, 2.05) is 0 Å². The molecule has 14 heavy (non-hydrogen) atoms. The van der Waals surface area contributed by atoms with E-state index in [0.717, 1.165) is 26.2 Å². The van der Waals surface area contributed by atoms with Crippen LogP contribution in [-0.4, -0.2) is 34.0 Å². The molecule has 0 saturated heterocycles. The van der Waals surface area contributed by atoms with Crippen LogP contribution in [0.15, 0.2) is 0 Å². The van der Waals surface area contributed by atoms with E-state index in [2.05, 4.69) is 13.8 Å². The van der Waals surface area contributed by atoms with Gasteiger partial charge in [-0.3, -0.25) is 4.79 Å². The standard InChI is InChI=1S/C8H18O2.C2H4O2/c1-3-4-7(2)5-8(10)6-9;1-2(3)4/h7-10H,3-6H2,1-2H3;1H3,(H,3,4). The van der Waals surface area contributed by atoms with Gasteiger partial charge in [0.15, 0.2) is 0 Å². The summed E-state index contributed by atoms with van der Waals surface area (Å²) in [5.74, 6) is -0.299. The van der Waals surface area contributed by atoms with Crippen LogP contribution in [0.5, 0.6) is 0 Å². The third kappa shape index (κ3) is 17.5. The van der Waals surface area contributed by atoms with Crippen LogP contribution in [0.3, 0.4) is 0 Å². The van der Waals surface area contributed by atoms with Crippen molar-refractivity contribution in [2.24, 2.45) is 5.92 Å². The number of carbonyl (C=O) groups is 1. The van der Waals surface area contributed by atoms with Crippen LogP contribution >= 0.6 is 0 Å². The first-order valence-corrected chi connectivity index (χ1v) is 4.92. The van der Waals surface area contributed by atoms with Crippen LogP contribution in [0, 0.1) is 5.92 Å². The number of aliphatic hydroxyl groups is 2. The minimum absolute atomic E-state index is 0.103. The fourth-order valence-electron chi connectivity index (χ4n) is 1.15. The lowest BCUT2D eigenvalue weighted by molar-refractivity contribution is -0.134. The van der Waals surface area contributed by atoms with Gasteiger partial charge in [-0.05, 0) is 12.3 Å². The zero-order valence-corrected chi connectivity index (χ0v) is 9.23. The Morgan fingerprint density at radius 1 is 1.43 bits per heavy atom. The van der Waals surface area contributed by atoms with Crippen LogP contribution in [0.4, 0.5) is 0 Å². The molecule has 0 spiro atoms. The van der Waals surface area contributed by atoms with Gasteiger partial charge >= 0.3 is 0 Å². The topological polar surface area (TPSA) is 77.8 Å². The maximum absolute atomic E-state index is 9.00. The van der Waals surface area contributed by atoms with Crippen molar-refractivity contribution < 1.29 is 20.1 Å². The largest absolute Gasteiger partial charge is 0.481 e. The highest BCUT2D eigenvalue weighted by Crippen LogP contribution is 2.11. The molecule has 0 heterocycles. The molecular formula is C10H22O4. The molecule has 0 aliphatic heterocycles. The minimum Gasteiger partial charge on any atom is -0.481 e. The van der Waals surface area contributed by atoms with Crippen LogP contribution in [0.2, 0.25) is 0 Å². The van der Waals surface area contributed by atoms with Crippen molar-refractivity contribution >= 4 is 5.97 Å². The Morgan fingerprint density at radius 2 is 1.86 bits per heavy atom. The summed E-state index contributed by atoms with van der Waals surface area (Å²) in [5, 5.41) is 24.9. The number of aliphatic carboxylic acids is 1. The number of hydrogen-bond acceptors (Lipinski definition) is 3. The van der Waals surface area contributed by atoms with Gasteiger partial charge in [-0.1, -0.05) is 26.7 Å². The zero-order chi connectivity index (χ0) is 11.6. The second-order valence-electron chi connectivity index (χ2n) is 3.48. The lowest BCUT2D eigenvalue weighted by Gasteiger charge is -2.12. The van der Waals surface area contributed by atoms with Crippen molar-refractivity contribution in [3.05, 3.63) is 0 Å². The normalized spacial score (nSPS) is 13.8. The third-order valence-corrected chi connectivity index (χ3v) is 1.67. The van der Waals surface area contributed by atoms with Gasteiger partial charge in [-0.25, -0.2) is 0 Å². The Morgan fingerprint density at radius 3 is 2.14 bits per heavy atom. The lowest BCUT2D eigenvalue weighted by atomic mass is 9.99. The number of aliphatic hydroxyl groups excluding tert-OH is 2. The van der Waals surface area contributed by atoms with Crippen molar-refractivity contribution in [2.45, 2.75) is 46.1 Å². The molecule has 4 heteroatoms. The third-order valence-electron chi connectivity index (χ3n) is 1.67. The number of hydrogen-bond donors (Lipinski definition) is 3. The maximum atomic E-state index is 9.00. The first kappa shape index (κ1) is 15.8. The highest BCUT2D eigenvalue weighted by molar-refractivity contribution is 5.62. The van der Waals surface area contributed by atoms with Gasteiger partial charge in [0.2, 0.25) is 0 Å². The molecule has 2 atom stereocenters. The molecule has 0 radical (unpaired) electrons. The van der Waals surface area contributed by atoms with Crippen molar-refractivity contribution in [2.75, 3.05) is 6.61 Å². The summed E-state index contributed by atoms with van der Waals surface area (Å²) in [5.41, 5.74) is 0. The summed E-state index contributed by atoms with van der Waals surface area (Å²) < 4.78 is 0. The van der Waals surface area contributed by atoms with Crippen LogP contribution < -0.4 is 0 Å². The predicted molar refractivity (Wildman–Crippen MR) is 55.1 cm³/mol. The summed E-state index contributed by atoms with van der Waals surface area (Å²) in [6, 6.07) is 0. The zero-order valence-electron chi connectivity index (χ0n) is 9.23. The monoisotopic (exact) mass is 206 g/mol. The molecule has 86 valence electrons. The lowest BCUT2D eigenvalue weighted by Crippen LogP contribution is -2.15. The molecule has 2 unspecified atom stereocenters. The molecule has 3 N–H and O–H groups in total. The summed E-state index contributed by atoms with van der Waals surface area (Å²) in [6.45, 7) is 5.21. The smallest absolute Gasteiger partial charge is 0.300 e. The van der Waals surface area contributed by atoms with Crippen LogP contribution in [0.1, 0.15) is 40.0 Å². The predicted octanol–water partition coefficient (Wildman–Crippen LogP) is 1.26. The van der Waals surface area contributed by atoms with Crippen LogP contribution in [0.25, 0.3) is 0 Å². The highest BCUT2D eigenvalue weighted by atomic mass is 16.4. The first-order chi connectivity index (χ1) is 6.43. The molecule has 0 aliphatic rings. The Kier molecular flexibility index (Phi) is 11.9. The fraction of sp³-hybridized carbons (Fsp3) is 0.900. The van der Waals surface area contributed by atoms with E-state index in [9.17, 15) is 0 Å². The van der Waals surface area contributed by atoms with Gasteiger partial charge in [0.05, 0.1) is 12.7 Å². The minimum atomic E-state index is -0.833. The Hall–Kier alpha value is -0.610. The summed E-state index contributed by atoms with van der Waals surface area (Å²) >= 11 is 0. The molecule has 0 aromatic carbocycles. The van der Waals surface area contributed by atoms with Crippen molar-refractivity contribution in [1.82, 2.24) is 0 Å². The molecule has 0 saturated carbocycles. The average molecular weight is 206 g/mol. The molecular weight excluding hydrogens is 184 g/mol. The summed E-state index contributed by atoms with van der Waals surface area (Å²) in [7, 11) is 0. The number of carboxylic acid groups (broad SMARTS) is 1. The van der Waals surface area contributed by atoms with E-state index in [4.69, 9.17) is 20.1 Å². The van der Waals surface area contributed by atoms with Gasteiger partial charge in [-0.2, -0.15) is 0 Å². The average Bonchev–Trinajstić information content (AvgIpc) is 2.03. The molecule has 0 aromatic heterocycles. The molecule has 0 bridgehead atoms. The van der Waals surface area contributed by atoms with Gasteiger partial charge in [0.25, 0.3) is 5.97 Å². The van der Waals surface area contributed by atoms with E-state index < -0.39 is 12.1 Å². The van der Waals surface area contributed by atoms with Gasteiger partial charge in [0.1, 0.15) is 0 Å². The highest BCUT2D eigenvalue weighted by Gasteiger charge is 2.07. The van der Waals surface area contributed by atoms with Crippen molar-refractivity contribution in [1.29, 1.82) is 0 Å². The van der Waals surface area contributed by atoms with E-state index in [-0.39, 0.29) is 6.61 Å². The van der Waals surface area contributed by atoms with Crippen LogP contribution in [-0.2, 0) is 4.79 Å². The van der Waals surface area contributed by atoms with Gasteiger partial charge in [-0.15, -0.1) is 0 Å². The van der Waals surface area contributed by atoms with E-state index in [1.165, 1.54) is 0 Å². The molecule has 0 aliphatic carbocycles.